The van der Waals surface area contributed by atoms with Gasteiger partial charge in [-0.3, -0.25) is 0 Å². The van der Waals surface area contributed by atoms with Gasteiger partial charge in [-0.25, -0.2) is 4.39 Å². The van der Waals surface area contributed by atoms with Crippen LogP contribution in [0.2, 0.25) is 5.02 Å². The van der Waals surface area contributed by atoms with Gasteiger partial charge in [0.05, 0.1) is 5.02 Å². The molecule has 1 aromatic carbocycles. The lowest BCUT2D eigenvalue weighted by Crippen LogP contribution is -2.20. The van der Waals surface area contributed by atoms with Crippen molar-refractivity contribution in [1.82, 2.24) is 0 Å². The largest absolute Gasteiger partial charge is 0.330 e. The highest BCUT2D eigenvalue weighted by Crippen LogP contribution is 2.35. The molecule has 1 nitrogen and oxygen atoms in total. The van der Waals surface area contributed by atoms with Crippen LogP contribution in [0.1, 0.15) is 24.8 Å². The molecule has 1 aliphatic rings. The molecule has 3 heteroatoms. The van der Waals surface area contributed by atoms with Crippen LogP contribution in [0, 0.1) is 17.7 Å². The standard InChI is InChI=1S/C13H17ClFN/c14-13-10(4-2-6-12(13)15)7-9-3-1-5-11(9)8-16/h2,4,6,9,11H,1,3,5,7-8,16H2. The molecule has 0 aliphatic heterocycles. The van der Waals surface area contributed by atoms with Gasteiger partial charge < -0.3 is 5.73 Å². The highest BCUT2D eigenvalue weighted by atomic mass is 35.5. The van der Waals surface area contributed by atoms with Crippen molar-refractivity contribution < 1.29 is 4.39 Å². The second-order valence-electron chi connectivity index (χ2n) is 4.60. The fourth-order valence-electron chi connectivity index (χ4n) is 2.68. The first-order valence-corrected chi connectivity index (χ1v) is 6.23. The van der Waals surface area contributed by atoms with E-state index in [9.17, 15) is 4.39 Å². The van der Waals surface area contributed by atoms with E-state index in [0.717, 1.165) is 18.5 Å². The molecule has 0 heterocycles. The van der Waals surface area contributed by atoms with E-state index in [1.807, 2.05) is 6.07 Å². The predicted octanol–water partition coefficient (Wildman–Crippen LogP) is 3.40. The van der Waals surface area contributed by atoms with Crippen LogP contribution in [-0.2, 0) is 6.42 Å². The molecule has 2 unspecified atom stereocenters. The minimum absolute atomic E-state index is 0.283. The number of nitrogens with two attached hydrogens (primary N) is 1. The highest BCUT2D eigenvalue weighted by molar-refractivity contribution is 6.31. The summed E-state index contributed by atoms with van der Waals surface area (Å²) in [5.41, 5.74) is 6.66. The first kappa shape index (κ1) is 11.9. The molecule has 2 rings (SSSR count). The van der Waals surface area contributed by atoms with Crippen molar-refractivity contribution in [2.45, 2.75) is 25.7 Å². The second-order valence-corrected chi connectivity index (χ2v) is 4.98. The third-order valence-corrected chi connectivity index (χ3v) is 4.06. The van der Waals surface area contributed by atoms with Gasteiger partial charge in [-0.2, -0.15) is 0 Å². The van der Waals surface area contributed by atoms with Gasteiger partial charge in [0.1, 0.15) is 5.82 Å². The van der Waals surface area contributed by atoms with Gasteiger partial charge in [-0.05, 0) is 49.3 Å². The fourth-order valence-corrected chi connectivity index (χ4v) is 2.88. The average Bonchev–Trinajstić information content (AvgIpc) is 2.72. The van der Waals surface area contributed by atoms with Gasteiger partial charge in [0, 0.05) is 0 Å². The lowest BCUT2D eigenvalue weighted by atomic mass is 9.90. The molecule has 0 saturated heterocycles. The molecule has 1 saturated carbocycles. The van der Waals surface area contributed by atoms with E-state index in [1.54, 1.807) is 6.07 Å². The Balaban J connectivity index is 2.11. The first-order valence-electron chi connectivity index (χ1n) is 5.85. The zero-order chi connectivity index (χ0) is 11.5. The van der Waals surface area contributed by atoms with Crippen molar-refractivity contribution in [1.29, 1.82) is 0 Å². The maximum atomic E-state index is 13.3. The van der Waals surface area contributed by atoms with Crippen molar-refractivity contribution in [3.63, 3.8) is 0 Å². The molecule has 16 heavy (non-hydrogen) atoms. The molecule has 1 aromatic rings. The van der Waals surface area contributed by atoms with Crippen LogP contribution < -0.4 is 5.73 Å². The molecule has 88 valence electrons. The van der Waals surface area contributed by atoms with Crippen molar-refractivity contribution in [2.75, 3.05) is 6.54 Å². The Bertz CT molecular complexity index is 367. The Kier molecular flexibility index (Phi) is 3.82. The normalized spacial score (nSPS) is 24.9. The summed E-state index contributed by atoms with van der Waals surface area (Å²) in [5, 5.41) is 0.283. The van der Waals surface area contributed by atoms with E-state index in [2.05, 4.69) is 0 Å². The summed E-state index contributed by atoms with van der Waals surface area (Å²) in [5.74, 6) is 0.838. The van der Waals surface area contributed by atoms with Gasteiger partial charge in [-0.15, -0.1) is 0 Å². The summed E-state index contributed by atoms with van der Waals surface area (Å²) in [7, 11) is 0. The molecular formula is C13H17ClFN. The van der Waals surface area contributed by atoms with Crippen LogP contribution in [0.5, 0.6) is 0 Å². The average molecular weight is 242 g/mol. The third-order valence-electron chi connectivity index (χ3n) is 3.63. The summed E-state index contributed by atoms with van der Waals surface area (Å²) < 4.78 is 13.3. The number of halogens is 2. The molecule has 2 atom stereocenters. The van der Waals surface area contributed by atoms with E-state index in [4.69, 9.17) is 17.3 Å². The number of hydrogen-bond donors (Lipinski definition) is 1. The molecule has 2 N–H and O–H groups in total. The minimum atomic E-state index is -0.318. The molecule has 0 amide bonds. The number of hydrogen-bond acceptors (Lipinski definition) is 1. The molecule has 0 spiro atoms. The Hall–Kier alpha value is -0.600. The maximum Gasteiger partial charge on any atom is 0.142 e. The van der Waals surface area contributed by atoms with Crippen LogP contribution in [0.4, 0.5) is 4.39 Å². The molecule has 0 bridgehead atoms. The lowest BCUT2D eigenvalue weighted by molar-refractivity contribution is 0.394. The Morgan fingerprint density at radius 1 is 1.31 bits per heavy atom. The van der Waals surface area contributed by atoms with Crippen LogP contribution in [0.15, 0.2) is 18.2 Å². The monoisotopic (exact) mass is 241 g/mol. The molecule has 0 radical (unpaired) electrons. The summed E-state index contributed by atoms with van der Waals surface area (Å²) in [6.07, 6.45) is 4.49. The first-order chi connectivity index (χ1) is 7.72. The van der Waals surface area contributed by atoms with Gasteiger partial charge in [-0.1, -0.05) is 30.2 Å². The van der Waals surface area contributed by atoms with Crippen LogP contribution in [0.25, 0.3) is 0 Å². The van der Waals surface area contributed by atoms with Crippen molar-refractivity contribution in [3.05, 3.63) is 34.6 Å². The van der Waals surface area contributed by atoms with E-state index < -0.39 is 0 Å². The smallest absolute Gasteiger partial charge is 0.142 e. The van der Waals surface area contributed by atoms with Crippen LogP contribution in [0.3, 0.4) is 0 Å². The van der Waals surface area contributed by atoms with Crippen LogP contribution in [-0.4, -0.2) is 6.54 Å². The number of rotatable bonds is 3. The summed E-state index contributed by atoms with van der Waals surface area (Å²) in [4.78, 5) is 0. The Morgan fingerprint density at radius 2 is 2.06 bits per heavy atom. The van der Waals surface area contributed by atoms with E-state index >= 15 is 0 Å². The zero-order valence-electron chi connectivity index (χ0n) is 9.26. The Morgan fingerprint density at radius 3 is 2.81 bits per heavy atom. The van der Waals surface area contributed by atoms with Crippen molar-refractivity contribution >= 4 is 11.6 Å². The predicted molar refractivity (Wildman–Crippen MR) is 65.0 cm³/mol. The summed E-state index contributed by atoms with van der Waals surface area (Å²) in [6, 6.07) is 5.04. The minimum Gasteiger partial charge on any atom is -0.330 e. The molecule has 0 aromatic heterocycles. The van der Waals surface area contributed by atoms with Gasteiger partial charge in [0.15, 0.2) is 0 Å². The van der Waals surface area contributed by atoms with Gasteiger partial charge >= 0.3 is 0 Å². The van der Waals surface area contributed by atoms with Crippen molar-refractivity contribution in [3.8, 4) is 0 Å². The zero-order valence-corrected chi connectivity index (χ0v) is 10.0. The Labute approximate surface area is 101 Å². The van der Waals surface area contributed by atoms with Gasteiger partial charge in [0.2, 0.25) is 0 Å². The molecule has 1 aliphatic carbocycles. The fraction of sp³-hybridized carbons (Fsp3) is 0.538. The van der Waals surface area contributed by atoms with Crippen LogP contribution >= 0.6 is 11.6 Å². The lowest BCUT2D eigenvalue weighted by Gasteiger charge is -2.18. The van der Waals surface area contributed by atoms with Crippen molar-refractivity contribution in [2.24, 2.45) is 17.6 Å². The topological polar surface area (TPSA) is 26.0 Å². The van der Waals surface area contributed by atoms with Gasteiger partial charge in [0.25, 0.3) is 0 Å². The number of benzene rings is 1. The highest BCUT2D eigenvalue weighted by Gasteiger charge is 2.26. The second kappa shape index (κ2) is 5.15. The SMILES string of the molecule is NCC1CCCC1Cc1cccc(F)c1Cl. The third kappa shape index (κ3) is 2.38. The maximum absolute atomic E-state index is 13.3. The summed E-state index contributed by atoms with van der Waals surface area (Å²) >= 11 is 5.96. The molecular weight excluding hydrogens is 225 g/mol. The summed E-state index contributed by atoms with van der Waals surface area (Å²) in [6.45, 7) is 0.734. The quantitative estimate of drug-likeness (QED) is 0.863. The molecule has 1 fully saturated rings. The van der Waals surface area contributed by atoms with E-state index in [0.29, 0.717) is 11.8 Å². The van der Waals surface area contributed by atoms with E-state index in [-0.39, 0.29) is 10.8 Å². The van der Waals surface area contributed by atoms with E-state index in [1.165, 1.54) is 25.3 Å².